The molecule has 0 radical (unpaired) electrons. The van der Waals surface area contributed by atoms with Crippen LogP contribution in [0.25, 0.3) is 0 Å². The summed E-state index contributed by atoms with van der Waals surface area (Å²) >= 11 is 0. The zero-order valence-electron chi connectivity index (χ0n) is 15.4. The number of ether oxygens (including phenoxy) is 3. The number of rotatable bonds is 10. The third kappa shape index (κ3) is 6.54. The predicted molar refractivity (Wildman–Crippen MR) is 99.2 cm³/mol. The molecular formula is C20H23NO6. The van der Waals surface area contributed by atoms with Crippen LogP contribution < -0.4 is 14.2 Å². The first-order valence-electron chi connectivity index (χ1n) is 8.51. The SMILES string of the molecule is CCOc1ccccc1OCC(=O)N(C)Cc1ccc(OCC(=O)O)cc1. The van der Waals surface area contributed by atoms with Gasteiger partial charge in [-0.2, -0.15) is 0 Å². The van der Waals surface area contributed by atoms with Gasteiger partial charge in [-0.1, -0.05) is 24.3 Å². The topological polar surface area (TPSA) is 85.3 Å². The maximum atomic E-state index is 12.3. The summed E-state index contributed by atoms with van der Waals surface area (Å²) < 4.78 is 16.1. The average Bonchev–Trinajstić information content (AvgIpc) is 2.66. The van der Waals surface area contributed by atoms with Crippen molar-refractivity contribution in [1.82, 2.24) is 4.90 Å². The highest BCUT2D eigenvalue weighted by Gasteiger charge is 2.12. The Morgan fingerprint density at radius 1 is 0.926 bits per heavy atom. The van der Waals surface area contributed by atoms with Gasteiger partial charge in [0.05, 0.1) is 6.61 Å². The van der Waals surface area contributed by atoms with Crippen LogP contribution >= 0.6 is 0 Å². The minimum Gasteiger partial charge on any atom is -0.490 e. The molecule has 0 saturated heterocycles. The molecular weight excluding hydrogens is 350 g/mol. The van der Waals surface area contributed by atoms with Crippen molar-refractivity contribution in [1.29, 1.82) is 0 Å². The molecule has 0 fully saturated rings. The van der Waals surface area contributed by atoms with Crippen molar-refractivity contribution in [2.75, 3.05) is 26.9 Å². The number of carboxylic acid groups (broad SMARTS) is 1. The van der Waals surface area contributed by atoms with Gasteiger partial charge in [-0.05, 0) is 36.8 Å². The highest BCUT2D eigenvalue weighted by atomic mass is 16.5. The number of hydrogen-bond donors (Lipinski definition) is 1. The number of likely N-dealkylation sites (N-methyl/N-ethyl adjacent to an activating group) is 1. The molecule has 0 bridgehead atoms. The van der Waals surface area contributed by atoms with Crippen molar-refractivity contribution in [3.8, 4) is 17.2 Å². The Bertz CT molecular complexity index is 759. The summed E-state index contributed by atoms with van der Waals surface area (Å²) in [6.45, 7) is 2.31. The first-order chi connectivity index (χ1) is 13.0. The van der Waals surface area contributed by atoms with E-state index in [-0.39, 0.29) is 12.5 Å². The van der Waals surface area contributed by atoms with Crippen LogP contribution in [0.5, 0.6) is 17.2 Å². The van der Waals surface area contributed by atoms with Crippen molar-refractivity contribution in [3.63, 3.8) is 0 Å². The fourth-order valence-corrected chi connectivity index (χ4v) is 2.29. The molecule has 0 aliphatic rings. The number of hydrogen-bond acceptors (Lipinski definition) is 5. The highest BCUT2D eigenvalue weighted by molar-refractivity contribution is 5.77. The predicted octanol–water partition coefficient (Wildman–Crippen LogP) is 2.59. The molecule has 2 rings (SSSR count). The lowest BCUT2D eigenvalue weighted by atomic mass is 10.2. The second-order valence-electron chi connectivity index (χ2n) is 5.74. The Labute approximate surface area is 158 Å². The molecule has 7 heteroatoms. The second kappa shape index (κ2) is 10.1. The van der Waals surface area contributed by atoms with E-state index in [2.05, 4.69) is 0 Å². The van der Waals surface area contributed by atoms with Crippen LogP contribution in [0.2, 0.25) is 0 Å². The van der Waals surface area contributed by atoms with Crippen molar-refractivity contribution < 1.29 is 28.9 Å². The number of amides is 1. The maximum absolute atomic E-state index is 12.3. The van der Waals surface area contributed by atoms with E-state index in [1.54, 1.807) is 48.3 Å². The first-order valence-corrected chi connectivity index (χ1v) is 8.51. The van der Waals surface area contributed by atoms with Crippen LogP contribution in [0, 0.1) is 0 Å². The molecule has 27 heavy (non-hydrogen) atoms. The summed E-state index contributed by atoms with van der Waals surface area (Å²) in [5.74, 6) is 0.391. The molecule has 2 aromatic rings. The molecule has 0 atom stereocenters. The van der Waals surface area contributed by atoms with Gasteiger partial charge in [-0.25, -0.2) is 4.79 Å². The zero-order chi connectivity index (χ0) is 19.6. The zero-order valence-corrected chi connectivity index (χ0v) is 15.4. The van der Waals surface area contributed by atoms with Gasteiger partial charge in [0.15, 0.2) is 24.7 Å². The third-order valence-electron chi connectivity index (χ3n) is 3.63. The van der Waals surface area contributed by atoms with E-state index < -0.39 is 12.6 Å². The van der Waals surface area contributed by atoms with Gasteiger partial charge in [0, 0.05) is 13.6 Å². The number of para-hydroxylation sites is 2. The van der Waals surface area contributed by atoms with Gasteiger partial charge in [0.1, 0.15) is 5.75 Å². The number of nitrogens with zero attached hydrogens (tertiary/aromatic N) is 1. The highest BCUT2D eigenvalue weighted by Crippen LogP contribution is 2.26. The van der Waals surface area contributed by atoms with Crippen LogP contribution in [0.1, 0.15) is 12.5 Å². The molecule has 0 aromatic heterocycles. The van der Waals surface area contributed by atoms with E-state index in [9.17, 15) is 9.59 Å². The summed E-state index contributed by atoms with van der Waals surface area (Å²) in [6, 6.07) is 14.1. The van der Waals surface area contributed by atoms with Gasteiger partial charge < -0.3 is 24.2 Å². The Balaban J connectivity index is 1.86. The summed E-state index contributed by atoms with van der Waals surface area (Å²) in [7, 11) is 1.69. The third-order valence-corrected chi connectivity index (χ3v) is 3.63. The number of carboxylic acids is 1. The van der Waals surface area contributed by atoms with Crippen molar-refractivity contribution in [2.45, 2.75) is 13.5 Å². The lowest BCUT2D eigenvalue weighted by Crippen LogP contribution is -2.31. The fourth-order valence-electron chi connectivity index (χ4n) is 2.29. The van der Waals surface area contributed by atoms with E-state index in [1.807, 2.05) is 19.1 Å². The summed E-state index contributed by atoms with van der Waals surface area (Å²) in [5, 5.41) is 8.60. The lowest BCUT2D eigenvalue weighted by Gasteiger charge is -2.18. The van der Waals surface area contributed by atoms with Crippen LogP contribution in [-0.4, -0.2) is 48.8 Å². The van der Waals surface area contributed by atoms with Crippen LogP contribution in [0.3, 0.4) is 0 Å². The molecule has 0 saturated carbocycles. The van der Waals surface area contributed by atoms with E-state index >= 15 is 0 Å². The number of carbonyl (C=O) groups is 2. The van der Waals surface area contributed by atoms with E-state index in [4.69, 9.17) is 19.3 Å². The first kappa shape index (κ1) is 20.1. The Morgan fingerprint density at radius 3 is 2.15 bits per heavy atom. The van der Waals surface area contributed by atoms with Gasteiger partial charge in [-0.3, -0.25) is 4.79 Å². The number of aliphatic carboxylic acids is 1. The summed E-state index contributed by atoms with van der Waals surface area (Å²) in [5.41, 5.74) is 0.892. The minimum absolute atomic E-state index is 0.0968. The monoisotopic (exact) mass is 373 g/mol. The van der Waals surface area contributed by atoms with E-state index in [0.717, 1.165) is 5.56 Å². The molecule has 2 aromatic carbocycles. The van der Waals surface area contributed by atoms with Crippen molar-refractivity contribution in [2.24, 2.45) is 0 Å². The van der Waals surface area contributed by atoms with Crippen LogP contribution in [0.4, 0.5) is 0 Å². The minimum atomic E-state index is -1.03. The number of benzene rings is 2. The van der Waals surface area contributed by atoms with E-state index in [1.165, 1.54) is 0 Å². The van der Waals surface area contributed by atoms with Gasteiger partial charge in [0.2, 0.25) is 0 Å². The molecule has 1 amide bonds. The van der Waals surface area contributed by atoms with Gasteiger partial charge in [0.25, 0.3) is 5.91 Å². The van der Waals surface area contributed by atoms with E-state index in [0.29, 0.717) is 30.4 Å². The fraction of sp³-hybridized carbons (Fsp3) is 0.300. The van der Waals surface area contributed by atoms with Crippen LogP contribution in [-0.2, 0) is 16.1 Å². The molecule has 0 heterocycles. The summed E-state index contributed by atoms with van der Waals surface area (Å²) in [6.07, 6.45) is 0. The molecule has 144 valence electrons. The standard InChI is InChI=1S/C20H23NO6/c1-3-25-17-6-4-5-7-18(17)27-13-19(22)21(2)12-15-8-10-16(11-9-15)26-14-20(23)24/h4-11H,3,12-14H2,1-2H3,(H,23,24). The molecule has 0 aliphatic heterocycles. The molecule has 0 spiro atoms. The number of carbonyl (C=O) groups excluding carboxylic acids is 1. The molecule has 0 aliphatic carbocycles. The van der Waals surface area contributed by atoms with Gasteiger partial charge >= 0.3 is 5.97 Å². The quantitative estimate of drug-likeness (QED) is 0.689. The van der Waals surface area contributed by atoms with Gasteiger partial charge in [-0.15, -0.1) is 0 Å². The normalized spacial score (nSPS) is 10.1. The van der Waals surface area contributed by atoms with Crippen molar-refractivity contribution in [3.05, 3.63) is 54.1 Å². The second-order valence-corrected chi connectivity index (χ2v) is 5.74. The Morgan fingerprint density at radius 2 is 1.56 bits per heavy atom. The smallest absolute Gasteiger partial charge is 0.341 e. The average molecular weight is 373 g/mol. The Hall–Kier alpha value is -3.22. The Kier molecular flexibility index (Phi) is 7.49. The van der Waals surface area contributed by atoms with Crippen molar-refractivity contribution >= 4 is 11.9 Å². The molecule has 0 unspecified atom stereocenters. The summed E-state index contributed by atoms with van der Waals surface area (Å²) in [4.78, 5) is 24.3. The van der Waals surface area contributed by atoms with Crippen LogP contribution in [0.15, 0.2) is 48.5 Å². The lowest BCUT2D eigenvalue weighted by molar-refractivity contribution is -0.139. The maximum Gasteiger partial charge on any atom is 0.341 e. The molecule has 7 nitrogen and oxygen atoms in total. The largest absolute Gasteiger partial charge is 0.490 e. The molecule has 1 N–H and O–H groups in total.